The maximum absolute atomic E-state index is 11.6. The monoisotopic (exact) mass is 228 g/mol. The lowest BCUT2D eigenvalue weighted by atomic mass is 10.3. The van der Waals surface area contributed by atoms with Crippen molar-refractivity contribution in [3.05, 3.63) is 23.0 Å². The third kappa shape index (κ3) is 3.40. The van der Waals surface area contributed by atoms with Crippen LogP contribution in [-0.2, 0) is 0 Å². The van der Waals surface area contributed by atoms with Gasteiger partial charge in [-0.05, 0) is 13.8 Å². The van der Waals surface area contributed by atoms with Gasteiger partial charge in [0.2, 0.25) is 0 Å². The number of hydrogen-bond acceptors (Lipinski definition) is 3. The summed E-state index contributed by atoms with van der Waals surface area (Å²) in [5.74, 6) is 0.259. The van der Waals surface area contributed by atoms with Crippen LogP contribution >= 0.6 is 11.6 Å². The van der Waals surface area contributed by atoms with E-state index in [1.165, 1.54) is 7.11 Å². The Hall–Kier alpha value is -1.29. The number of nitrogens with zero attached hydrogens (tertiary/aromatic N) is 1. The Bertz CT molecular complexity index is 366. The van der Waals surface area contributed by atoms with Crippen LogP contribution < -0.4 is 10.1 Å². The molecular formula is C10H13ClN2O2. The first kappa shape index (κ1) is 11.8. The SMILES string of the molecule is COc1cc(Cl)nc(C(=O)NC(C)C)c1. The average molecular weight is 229 g/mol. The van der Waals surface area contributed by atoms with Gasteiger partial charge >= 0.3 is 0 Å². The Morgan fingerprint density at radius 1 is 1.53 bits per heavy atom. The number of nitrogens with one attached hydrogen (secondary N) is 1. The van der Waals surface area contributed by atoms with E-state index in [0.717, 1.165) is 0 Å². The summed E-state index contributed by atoms with van der Waals surface area (Å²) in [6, 6.07) is 3.15. The van der Waals surface area contributed by atoms with Crippen molar-refractivity contribution in [2.45, 2.75) is 19.9 Å². The van der Waals surface area contributed by atoms with Crippen LogP contribution in [0.5, 0.6) is 5.75 Å². The first-order valence-electron chi connectivity index (χ1n) is 4.55. The standard InChI is InChI=1S/C10H13ClN2O2/c1-6(2)12-10(14)8-4-7(15-3)5-9(11)13-8/h4-6H,1-3H3,(H,12,14). The molecule has 0 radical (unpaired) electrons. The Morgan fingerprint density at radius 2 is 2.20 bits per heavy atom. The number of carbonyl (C=O) groups is 1. The van der Waals surface area contributed by atoms with Crippen molar-refractivity contribution in [2.75, 3.05) is 7.11 Å². The van der Waals surface area contributed by atoms with E-state index in [4.69, 9.17) is 16.3 Å². The summed E-state index contributed by atoms with van der Waals surface area (Å²) in [5.41, 5.74) is 0.257. The fraction of sp³-hybridized carbons (Fsp3) is 0.400. The number of hydrogen-bond donors (Lipinski definition) is 1. The van der Waals surface area contributed by atoms with E-state index in [0.29, 0.717) is 5.75 Å². The molecule has 0 spiro atoms. The Labute approximate surface area is 93.6 Å². The highest BCUT2D eigenvalue weighted by Crippen LogP contribution is 2.17. The van der Waals surface area contributed by atoms with Gasteiger partial charge in [0, 0.05) is 18.2 Å². The molecule has 1 aromatic heterocycles. The molecule has 0 saturated carbocycles. The van der Waals surface area contributed by atoms with E-state index in [1.807, 2.05) is 13.8 Å². The molecule has 0 fully saturated rings. The Morgan fingerprint density at radius 3 is 2.73 bits per heavy atom. The quantitative estimate of drug-likeness (QED) is 0.804. The number of aromatic nitrogens is 1. The maximum Gasteiger partial charge on any atom is 0.270 e. The fourth-order valence-corrected chi connectivity index (χ4v) is 1.24. The summed E-state index contributed by atoms with van der Waals surface area (Å²) >= 11 is 5.74. The molecule has 0 saturated heterocycles. The van der Waals surface area contributed by atoms with Gasteiger partial charge in [-0.15, -0.1) is 0 Å². The molecule has 0 aliphatic heterocycles. The van der Waals surface area contributed by atoms with Crippen molar-refractivity contribution in [3.63, 3.8) is 0 Å². The topological polar surface area (TPSA) is 51.2 Å². The fourth-order valence-electron chi connectivity index (χ4n) is 1.04. The highest BCUT2D eigenvalue weighted by Gasteiger charge is 2.11. The minimum Gasteiger partial charge on any atom is -0.497 e. The number of ether oxygens (including phenoxy) is 1. The van der Waals surface area contributed by atoms with E-state index >= 15 is 0 Å². The molecule has 1 amide bonds. The molecule has 4 nitrogen and oxygen atoms in total. The first-order valence-corrected chi connectivity index (χ1v) is 4.93. The van der Waals surface area contributed by atoms with Gasteiger partial charge in [0.15, 0.2) is 0 Å². The minimum absolute atomic E-state index is 0.0595. The van der Waals surface area contributed by atoms with Gasteiger partial charge in [0.05, 0.1) is 7.11 Å². The third-order valence-electron chi connectivity index (χ3n) is 1.66. The van der Waals surface area contributed by atoms with Crippen LogP contribution in [-0.4, -0.2) is 24.0 Å². The normalized spacial score (nSPS) is 10.2. The molecule has 1 aromatic rings. The molecule has 0 aliphatic carbocycles. The van der Waals surface area contributed by atoms with Crippen LogP contribution in [0.4, 0.5) is 0 Å². The van der Waals surface area contributed by atoms with E-state index < -0.39 is 0 Å². The smallest absolute Gasteiger partial charge is 0.270 e. The molecule has 1 rings (SSSR count). The summed E-state index contributed by atoms with van der Waals surface area (Å²) in [6.45, 7) is 3.75. The zero-order chi connectivity index (χ0) is 11.4. The number of pyridine rings is 1. The second kappa shape index (κ2) is 4.98. The largest absolute Gasteiger partial charge is 0.497 e. The zero-order valence-corrected chi connectivity index (χ0v) is 9.63. The van der Waals surface area contributed by atoms with Crippen LogP contribution in [0.3, 0.4) is 0 Å². The molecule has 1 heterocycles. The van der Waals surface area contributed by atoms with Crippen molar-refractivity contribution < 1.29 is 9.53 Å². The second-order valence-corrected chi connectivity index (χ2v) is 3.73. The minimum atomic E-state index is -0.259. The van der Waals surface area contributed by atoms with Crippen LogP contribution in [0.2, 0.25) is 5.15 Å². The number of methoxy groups -OCH3 is 1. The number of carbonyl (C=O) groups excluding carboxylic acids is 1. The molecule has 82 valence electrons. The van der Waals surface area contributed by atoms with Gasteiger partial charge in [0.1, 0.15) is 16.6 Å². The predicted molar refractivity (Wildman–Crippen MR) is 58.4 cm³/mol. The molecule has 5 heteroatoms. The van der Waals surface area contributed by atoms with Crippen LogP contribution in [0.15, 0.2) is 12.1 Å². The van der Waals surface area contributed by atoms with Gasteiger partial charge in [-0.25, -0.2) is 4.98 Å². The zero-order valence-electron chi connectivity index (χ0n) is 8.87. The lowest BCUT2D eigenvalue weighted by Gasteiger charge is -2.08. The summed E-state index contributed by atoms with van der Waals surface area (Å²) < 4.78 is 4.99. The van der Waals surface area contributed by atoms with E-state index in [-0.39, 0.29) is 22.8 Å². The van der Waals surface area contributed by atoms with Gasteiger partial charge in [0.25, 0.3) is 5.91 Å². The molecule has 0 aromatic carbocycles. The second-order valence-electron chi connectivity index (χ2n) is 3.34. The summed E-state index contributed by atoms with van der Waals surface area (Å²) in [5, 5.41) is 2.96. The first-order chi connectivity index (χ1) is 7.02. The van der Waals surface area contributed by atoms with Crippen molar-refractivity contribution in [2.24, 2.45) is 0 Å². The van der Waals surface area contributed by atoms with Crippen LogP contribution in [0.25, 0.3) is 0 Å². The molecule has 15 heavy (non-hydrogen) atoms. The molecule has 0 unspecified atom stereocenters. The van der Waals surface area contributed by atoms with Crippen molar-refractivity contribution in [1.82, 2.24) is 10.3 Å². The maximum atomic E-state index is 11.6. The number of amides is 1. The van der Waals surface area contributed by atoms with Crippen molar-refractivity contribution in [3.8, 4) is 5.75 Å². The van der Waals surface area contributed by atoms with Gasteiger partial charge in [-0.2, -0.15) is 0 Å². The molecule has 1 N–H and O–H groups in total. The predicted octanol–water partition coefficient (Wildman–Crippen LogP) is 1.88. The van der Waals surface area contributed by atoms with Gasteiger partial charge < -0.3 is 10.1 Å². The summed E-state index contributed by atoms with van der Waals surface area (Å²) in [4.78, 5) is 15.5. The number of halogens is 1. The van der Waals surface area contributed by atoms with Crippen LogP contribution in [0, 0.1) is 0 Å². The molecular weight excluding hydrogens is 216 g/mol. The highest BCUT2D eigenvalue weighted by molar-refractivity contribution is 6.29. The average Bonchev–Trinajstić information content (AvgIpc) is 2.15. The van der Waals surface area contributed by atoms with Gasteiger partial charge in [-0.1, -0.05) is 11.6 Å². The van der Waals surface area contributed by atoms with Crippen molar-refractivity contribution >= 4 is 17.5 Å². The van der Waals surface area contributed by atoms with E-state index in [2.05, 4.69) is 10.3 Å². The molecule has 0 bridgehead atoms. The Balaban J connectivity index is 2.93. The highest BCUT2D eigenvalue weighted by atomic mass is 35.5. The number of rotatable bonds is 3. The lowest BCUT2D eigenvalue weighted by Crippen LogP contribution is -2.30. The summed E-state index contributed by atoms with van der Waals surface area (Å²) in [7, 11) is 1.51. The lowest BCUT2D eigenvalue weighted by molar-refractivity contribution is 0.0937. The molecule has 0 atom stereocenters. The van der Waals surface area contributed by atoms with Crippen LogP contribution in [0.1, 0.15) is 24.3 Å². The van der Waals surface area contributed by atoms with E-state index in [1.54, 1.807) is 12.1 Å². The Kier molecular flexibility index (Phi) is 3.91. The third-order valence-corrected chi connectivity index (χ3v) is 1.85. The van der Waals surface area contributed by atoms with Gasteiger partial charge in [-0.3, -0.25) is 4.79 Å². The molecule has 0 aliphatic rings. The van der Waals surface area contributed by atoms with Crippen molar-refractivity contribution in [1.29, 1.82) is 0 Å². The summed E-state index contributed by atoms with van der Waals surface area (Å²) in [6.07, 6.45) is 0. The van der Waals surface area contributed by atoms with E-state index in [9.17, 15) is 4.79 Å².